The first-order chi connectivity index (χ1) is 22.2. The number of carbonyl (C=O) groups excluding carboxylic acids is 2. The molecule has 3 aliphatic rings. The van der Waals surface area contributed by atoms with Crippen molar-refractivity contribution < 1.29 is 43.2 Å². The zero-order valence-electron chi connectivity index (χ0n) is 26.3. The molecule has 0 spiro atoms. The van der Waals surface area contributed by atoms with E-state index in [1.807, 2.05) is 13.0 Å². The third-order valence-electron chi connectivity index (χ3n) is 10.7. The number of pyridine rings is 1. The largest absolute Gasteiger partial charge is 0.482 e. The number of hydrogen-bond acceptors (Lipinski definition) is 11. The smallest absolute Gasteiger partial charge is 0.345 e. The minimum absolute atomic E-state index is 0.0228. The molecular weight excluding hydrogens is 608 g/mol. The average Bonchev–Trinajstić information content (AvgIpc) is 3.03. The van der Waals surface area contributed by atoms with E-state index in [1.54, 1.807) is 25.3 Å². The Morgan fingerprint density at radius 3 is 2.43 bits per heavy atom. The second-order valence-corrected chi connectivity index (χ2v) is 13.2. The van der Waals surface area contributed by atoms with Crippen LogP contribution < -0.4 is 10.4 Å². The molecule has 2 aromatic heterocycles. The average molecular weight is 643 g/mol. The van der Waals surface area contributed by atoms with Crippen LogP contribution in [0.5, 0.6) is 5.75 Å². The van der Waals surface area contributed by atoms with Crippen molar-refractivity contribution in [1.82, 2.24) is 4.98 Å². The Morgan fingerprint density at radius 2 is 1.81 bits per heavy atom. The van der Waals surface area contributed by atoms with E-state index in [2.05, 4.69) is 4.98 Å². The number of aromatic nitrogens is 1. The number of esters is 2. The minimum Gasteiger partial charge on any atom is -0.482 e. The molecule has 0 bridgehead atoms. The Labute approximate surface area is 269 Å². The van der Waals surface area contributed by atoms with Gasteiger partial charge < -0.3 is 28.8 Å². The highest BCUT2D eigenvalue weighted by Gasteiger charge is 2.72. The lowest BCUT2D eigenvalue weighted by molar-refractivity contribution is -0.261. The van der Waals surface area contributed by atoms with Crippen LogP contribution in [0, 0.1) is 34.0 Å². The predicted molar refractivity (Wildman–Crippen MR) is 163 cm³/mol. The first-order valence-corrected chi connectivity index (χ1v) is 15.3. The van der Waals surface area contributed by atoms with E-state index in [0.717, 1.165) is 0 Å². The Kier molecular flexibility index (Phi) is 7.71. The summed E-state index contributed by atoms with van der Waals surface area (Å²) in [5.41, 5.74) is -4.10. The van der Waals surface area contributed by atoms with Gasteiger partial charge >= 0.3 is 23.5 Å². The van der Waals surface area contributed by atoms with Crippen LogP contribution in [0.1, 0.15) is 74.5 Å². The van der Waals surface area contributed by atoms with Crippen LogP contribution in [0.15, 0.2) is 64.1 Å². The number of ether oxygens (including phenoxy) is 3. The maximum Gasteiger partial charge on any atom is 0.345 e. The maximum absolute atomic E-state index is 13.6. The van der Waals surface area contributed by atoms with Crippen LogP contribution in [0.4, 0.5) is 0 Å². The highest BCUT2D eigenvalue weighted by Crippen LogP contribution is 2.67. The molecule has 0 amide bonds. The number of nitrogens with zero attached hydrogens (tertiary/aromatic N) is 2. The molecule has 1 aromatic carbocycles. The molecule has 3 aromatic rings. The lowest BCUT2D eigenvalue weighted by Gasteiger charge is -2.65. The van der Waals surface area contributed by atoms with E-state index in [9.17, 15) is 34.7 Å². The van der Waals surface area contributed by atoms with Crippen molar-refractivity contribution in [2.24, 2.45) is 22.7 Å². The van der Waals surface area contributed by atoms with Crippen LogP contribution in [-0.2, 0) is 19.1 Å². The Hall–Kier alpha value is -5.02. The van der Waals surface area contributed by atoms with Crippen molar-refractivity contribution in [3.63, 3.8) is 0 Å². The summed E-state index contributed by atoms with van der Waals surface area (Å²) in [6.07, 6.45) is -0.108. The fraction of sp³-hybridized carbons (Fsp3) is 0.429. The number of aliphatic hydroxyl groups excluding tert-OH is 1. The standard InChI is InChI=1S/C35H34N2O10/c1-18(38)44-25-11-12-33(2)24(34(25,3)32(42)43)15-26(46-30(40)20-9-7-19(16-36)8-10-20)35(4)29(33)28(39)27-23(47-35)14-22(45-31(27)41)21-6-5-13-37-17-21/h5-10,13-14,17,24-26,28-29,39H,11-12,15H2,1-4H3,(H,42,43)/t24?,25-,26?,28-,29?,33-,34-,35+/m0/s1. The number of carboxylic acids is 1. The van der Waals surface area contributed by atoms with Crippen LogP contribution >= 0.6 is 0 Å². The number of carbonyl (C=O) groups is 3. The predicted octanol–water partition coefficient (Wildman–Crippen LogP) is 4.44. The van der Waals surface area contributed by atoms with Crippen molar-refractivity contribution in [2.75, 3.05) is 0 Å². The molecule has 47 heavy (non-hydrogen) atoms. The van der Waals surface area contributed by atoms with Gasteiger partial charge in [-0.15, -0.1) is 0 Å². The van der Waals surface area contributed by atoms with E-state index in [-0.39, 0.29) is 35.5 Å². The quantitative estimate of drug-likeness (QED) is 0.373. The number of carboxylic acid groups (broad SMARTS) is 1. The van der Waals surface area contributed by atoms with Gasteiger partial charge in [0.15, 0.2) is 0 Å². The summed E-state index contributed by atoms with van der Waals surface area (Å²) in [6, 6.07) is 12.7. The second-order valence-electron chi connectivity index (χ2n) is 13.2. The summed E-state index contributed by atoms with van der Waals surface area (Å²) < 4.78 is 24.0. The van der Waals surface area contributed by atoms with Gasteiger partial charge in [0.25, 0.3) is 0 Å². The zero-order chi connectivity index (χ0) is 33.9. The van der Waals surface area contributed by atoms with Crippen molar-refractivity contribution >= 4 is 17.9 Å². The fourth-order valence-electron chi connectivity index (χ4n) is 8.42. The van der Waals surface area contributed by atoms with Crippen molar-refractivity contribution in [3.8, 4) is 23.1 Å². The van der Waals surface area contributed by atoms with Gasteiger partial charge in [-0.3, -0.25) is 14.6 Å². The van der Waals surface area contributed by atoms with E-state index >= 15 is 0 Å². The number of rotatable bonds is 5. The maximum atomic E-state index is 13.6. The van der Waals surface area contributed by atoms with E-state index in [4.69, 9.17) is 18.6 Å². The Morgan fingerprint density at radius 1 is 1.09 bits per heavy atom. The molecule has 0 saturated heterocycles. The second kappa shape index (κ2) is 11.3. The van der Waals surface area contributed by atoms with E-state index in [0.29, 0.717) is 17.5 Å². The van der Waals surface area contributed by atoms with Gasteiger partial charge in [0, 0.05) is 36.9 Å². The highest BCUT2D eigenvalue weighted by atomic mass is 16.6. The third kappa shape index (κ3) is 4.97. The lowest BCUT2D eigenvalue weighted by atomic mass is 9.42. The van der Waals surface area contributed by atoms with E-state index in [1.165, 1.54) is 50.4 Å². The van der Waals surface area contributed by atoms with Gasteiger partial charge in [-0.2, -0.15) is 5.26 Å². The molecule has 2 saturated carbocycles. The molecule has 3 unspecified atom stereocenters. The van der Waals surface area contributed by atoms with Gasteiger partial charge in [0.2, 0.25) is 0 Å². The lowest BCUT2D eigenvalue weighted by Crippen LogP contribution is -2.71. The molecule has 2 aliphatic carbocycles. The van der Waals surface area contributed by atoms with Gasteiger partial charge in [0.1, 0.15) is 40.3 Å². The number of nitriles is 1. The Balaban J connectivity index is 1.51. The molecule has 6 rings (SSSR count). The molecule has 8 atom stereocenters. The number of hydrogen-bond donors (Lipinski definition) is 2. The van der Waals surface area contributed by atoms with E-state index < -0.39 is 70.1 Å². The Bertz CT molecular complexity index is 1850. The first-order valence-electron chi connectivity index (χ1n) is 15.3. The molecule has 3 heterocycles. The SMILES string of the molecule is CC(=O)O[C@H]1CC[C@]2(C)C3[C@@H](O)c4c(cc(-c5cccnc5)oc4=O)O[C@]3(C)C(OC(=O)c3ccc(C#N)cc3)CC2[C@]1(C)C(=O)O. The molecule has 0 radical (unpaired) electrons. The number of benzene rings is 1. The fourth-order valence-corrected chi connectivity index (χ4v) is 8.42. The van der Waals surface area contributed by atoms with Gasteiger partial charge in [0.05, 0.1) is 23.3 Å². The summed E-state index contributed by atoms with van der Waals surface area (Å²) in [5.74, 6) is -4.18. The molecule has 12 heteroatoms. The number of aliphatic hydroxyl groups is 1. The molecule has 2 N–H and O–H groups in total. The molecular formula is C35H34N2O10. The third-order valence-corrected chi connectivity index (χ3v) is 10.7. The van der Waals surface area contributed by atoms with Crippen LogP contribution in [0.25, 0.3) is 11.3 Å². The summed E-state index contributed by atoms with van der Waals surface area (Å²) in [7, 11) is 0. The number of aliphatic carboxylic acids is 1. The summed E-state index contributed by atoms with van der Waals surface area (Å²) in [4.78, 5) is 56.5. The monoisotopic (exact) mass is 642 g/mol. The normalized spacial score (nSPS) is 32.3. The summed E-state index contributed by atoms with van der Waals surface area (Å²) in [6.45, 7) is 6.25. The van der Waals surface area contributed by atoms with Gasteiger partial charge in [-0.25, -0.2) is 9.59 Å². The van der Waals surface area contributed by atoms with Gasteiger partial charge in [-0.05, 0) is 80.8 Å². The first kappa shape index (κ1) is 31.9. The molecule has 1 aliphatic heterocycles. The number of fused-ring (bicyclic) bond motifs is 4. The van der Waals surface area contributed by atoms with Crippen molar-refractivity contribution in [2.45, 2.75) is 70.9 Å². The highest BCUT2D eigenvalue weighted by molar-refractivity contribution is 5.89. The molecule has 244 valence electrons. The zero-order valence-corrected chi connectivity index (χ0v) is 26.3. The van der Waals surface area contributed by atoms with Crippen LogP contribution in [0.2, 0.25) is 0 Å². The summed E-state index contributed by atoms with van der Waals surface area (Å²) in [5, 5.41) is 32.1. The van der Waals surface area contributed by atoms with Gasteiger partial charge in [-0.1, -0.05) is 6.92 Å². The van der Waals surface area contributed by atoms with Crippen LogP contribution in [-0.4, -0.2) is 50.9 Å². The van der Waals surface area contributed by atoms with Crippen LogP contribution in [0.3, 0.4) is 0 Å². The van der Waals surface area contributed by atoms with Crippen molar-refractivity contribution in [1.29, 1.82) is 5.26 Å². The van der Waals surface area contributed by atoms with Crippen molar-refractivity contribution in [3.05, 3.63) is 82.0 Å². The molecule has 2 fully saturated rings. The summed E-state index contributed by atoms with van der Waals surface area (Å²) >= 11 is 0. The minimum atomic E-state index is -1.66. The topological polar surface area (TPSA) is 186 Å². The molecule has 12 nitrogen and oxygen atoms in total.